The lowest BCUT2D eigenvalue weighted by atomic mass is 9.87. The van der Waals surface area contributed by atoms with Crippen LogP contribution in [-0.2, 0) is 11.2 Å². The lowest BCUT2D eigenvalue weighted by Gasteiger charge is -2.34. The van der Waals surface area contributed by atoms with Gasteiger partial charge in [-0.1, -0.05) is 24.3 Å². The summed E-state index contributed by atoms with van der Waals surface area (Å²) in [4.78, 5) is 29.3. The van der Waals surface area contributed by atoms with Gasteiger partial charge in [0.25, 0.3) is 5.91 Å². The lowest BCUT2D eigenvalue weighted by molar-refractivity contribution is -0.133. The van der Waals surface area contributed by atoms with Crippen molar-refractivity contribution in [3.05, 3.63) is 53.3 Å². The van der Waals surface area contributed by atoms with Crippen molar-refractivity contribution in [2.24, 2.45) is 11.8 Å². The maximum Gasteiger partial charge on any atom is 0.254 e. The summed E-state index contributed by atoms with van der Waals surface area (Å²) in [6.07, 6.45) is 6.42. The quantitative estimate of drug-likeness (QED) is 0.809. The van der Waals surface area contributed by atoms with Crippen molar-refractivity contribution in [1.29, 1.82) is 0 Å². The van der Waals surface area contributed by atoms with Gasteiger partial charge in [-0.05, 0) is 42.2 Å². The largest absolute Gasteiger partial charge is 0.349 e. The average molecular weight is 393 g/mol. The number of fused-ring (bicyclic) bond motifs is 2. The second kappa shape index (κ2) is 7.30. The molecule has 2 unspecified atom stereocenters. The Balaban J connectivity index is 1.13. The van der Waals surface area contributed by atoms with E-state index in [1.165, 1.54) is 17.3 Å². The summed E-state index contributed by atoms with van der Waals surface area (Å²) in [5.74, 6) is 1.03. The van der Waals surface area contributed by atoms with E-state index in [-0.39, 0.29) is 23.9 Å². The van der Waals surface area contributed by atoms with Crippen LogP contribution in [0.1, 0.15) is 40.4 Å². The van der Waals surface area contributed by atoms with Gasteiger partial charge < -0.3 is 10.2 Å². The molecule has 2 aliphatic carbocycles. The van der Waals surface area contributed by atoms with Crippen molar-refractivity contribution in [1.82, 2.24) is 25.3 Å². The van der Waals surface area contributed by atoms with Crippen molar-refractivity contribution in [2.45, 2.75) is 31.3 Å². The van der Waals surface area contributed by atoms with E-state index in [1.807, 2.05) is 11.9 Å². The minimum absolute atomic E-state index is 0.0727. The third-order valence-corrected chi connectivity index (χ3v) is 6.89. The molecule has 5 rings (SSSR count). The predicted molar refractivity (Wildman–Crippen MR) is 108 cm³/mol. The number of carbonyl (C=O) groups is 2. The second-order valence-electron chi connectivity index (χ2n) is 8.62. The highest BCUT2D eigenvalue weighted by molar-refractivity contribution is 5.94. The van der Waals surface area contributed by atoms with E-state index in [9.17, 15) is 9.59 Å². The Hall–Kier alpha value is -2.67. The number of benzene rings is 1. The summed E-state index contributed by atoms with van der Waals surface area (Å²) in [6, 6.07) is 8.92. The van der Waals surface area contributed by atoms with E-state index in [4.69, 9.17) is 0 Å². The molecule has 3 aliphatic rings. The maximum absolute atomic E-state index is 12.9. The minimum atomic E-state index is -0.0727. The molecule has 1 aromatic heterocycles. The third kappa shape index (κ3) is 3.44. The highest BCUT2D eigenvalue weighted by Crippen LogP contribution is 2.45. The number of nitrogens with one attached hydrogen (secondary N) is 2. The summed E-state index contributed by atoms with van der Waals surface area (Å²) in [6.45, 7) is 2.22. The molecule has 4 atom stereocenters. The van der Waals surface area contributed by atoms with Crippen LogP contribution in [0.5, 0.6) is 0 Å². The summed E-state index contributed by atoms with van der Waals surface area (Å²) in [7, 11) is 1.94. The molecule has 1 saturated carbocycles. The van der Waals surface area contributed by atoms with Crippen LogP contribution in [0.4, 0.5) is 0 Å². The van der Waals surface area contributed by atoms with Crippen LogP contribution < -0.4 is 5.32 Å². The zero-order chi connectivity index (χ0) is 20.0. The number of rotatable bonds is 5. The smallest absolute Gasteiger partial charge is 0.254 e. The fourth-order valence-corrected chi connectivity index (χ4v) is 5.17. The number of likely N-dealkylation sites (N-methyl/N-ethyl adjacent to an activating group) is 1. The molecule has 0 radical (unpaired) electrons. The Kier molecular flexibility index (Phi) is 4.62. The van der Waals surface area contributed by atoms with Crippen LogP contribution in [-0.4, -0.2) is 64.5 Å². The standard InChI is InChI=1S/C22H27N5O2/c1-26(19-8-4-6-14-5-2-3-7-16(14)19)20(28)13-27-11-17-18(12-27)21(17)25-22(29)15-9-23-24-10-15/h2-3,5,7,9-10,17-19,21H,4,6,8,11-13H2,1H3,(H,23,24)(H,25,29)/t17-,18+,19?,21?. The minimum Gasteiger partial charge on any atom is -0.349 e. The van der Waals surface area contributed by atoms with Crippen LogP contribution in [0, 0.1) is 11.8 Å². The number of aromatic nitrogens is 2. The van der Waals surface area contributed by atoms with Crippen LogP contribution >= 0.6 is 0 Å². The first-order valence-corrected chi connectivity index (χ1v) is 10.5. The second-order valence-corrected chi connectivity index (χ2v) is 8.62. The number of H-pyrrole nitrogens is 1. The Morgan fingerprint density at radius 1 is 1.28 bits per heavy atom. The maximum atomic E-state index is 12.9. The molecule has 152 valence electrons. The van der Waals surface area contributed by atoms with Gasteiger partial charge in [-0.2, -0.15) is 5.10 Å². The number of likely N-dealkylation sites (tertiary alicyclic amines) is 1. The van der Waals surface area contributed by atoms with Gasteiger partial charge in [-0.3, -0.25) is 19.6 Å². The number of piperidine rings is 1. The van der Waals surface area contributed by atoms with E-state index < -0.39 is 0 Å². The first kappa shape index (κ1) is 18.4. The molecule has 1 saturated heterocycles. The van der Waals surface area contributed by atoms with Crippen LogP contribution in [0.3, 0.4) is 0 Å². The highest BCUT2D eigenvalue weighted by Gasteiger charge is 2.56. The molecule has 7 nitrogen and oxygen atoms in total. The van der Waals surface area contributed by atoms with Gasteiger partial charge in [-0.25, -0.2) is 0 Å². The molecule has 7 heteroatoms. The summed E-state index contributed by atoms with van der Waals surface area (Å²) in [5, 5.41) is 9.58. The van der Waals surface area contributed by atoms with Gasteiger partial charge >= 0.3 is 0 Å². The van der Waals surface area contributed by atoms with Crippen molar-refractivity contribution in [3.63, 3.8) is 0 Å². The Morgan fingerprint density at radius 3 is 2.83 bits per heavy atom. The molecule has 1 aliphatic heterocycles. The molecular formula is C22H27N5O2. The highest BCUT2D eigenvalue weighted by atomic mass is 16.2. The lowest BCUT2D eigenvalue weighted by Crippen LogP contribution is -2.42. The summed E-state index contributed by atoms with van der Waals surface area (Å²) in [5.41, 5.74) is 3.25. The molecule has 2 aromatic rings. The van der Waals surface area contributed by atoms with Crippen LogP contribution in [0.2, 0.25) is 0 Å². The van der Waals surface area contributed by atoms with E-state index >= 15 is 0 Å². The molecule has 0 bridgehead atoms. The van der Waals surface area contributed by atoms with Gasteiger partial charge in [-0.15, -0.1) is 0 Å². The average Bonchev–Trinajstić information content (AvgIpc) is 3.17. The SMILES string of the molecule is CN(C(=O)CN1C[C@@H]2C(NC(=O)c3cn[nH]c3)[C@@H]2C1)C1CCCc2ccccc21. The third-order valence-electron chi connectivity index (χ3n) is 6.89. The molecular weight excluding hydrogens is 366 g/mol. The van der Waals surface area contributed by atoms with Gasteiger partial charge in [0.05, 0.1) is 24.3 Å². The van der Waals surface area contributed by atoms with Crippen LogP contribution in [0.25, 0.3) is 0 Å². The zero-order valence-corrected chi connectivity index (χ0v) is 16.7. The number of hydrogen-bond acceptors (Lipinski definition) is 4. The van der Waals surface area contributed by atoms with Crippen LogP contribution in [0.15, 0.2) is 36.7 Å². The van der Waals surface area contributed by atoms with Crippen molar-refractivity contribution in [3.8, 4) is 0 Å². The normalized spacial score (nSPS) is 27.8. The zero-order valence-electron chi connectivity index (χ0n) is 16.7. The molecule has 2 fully saturated rings. The first-order chi connectivity index (χ1) is 14.1. The molecule has 2 N–H and O–H groups in total. The number of aromatic amines is 1. The topological polar surface area (TPSA) is 81.3 Å². The fourth-order valence-electron chi connectivity index (χ4n) is 5.17. The van der Waals surface area contributed by atoms with Gasteiger partial charge in [0.15, 0.2) is 0 Å². The van der Waals surface area contributed by atoms with Gasteiger partial charge in [0, 0.05) is 32.4 Å². The number of carbonyl (C=O) groups excluding carboxylic acids is 2. The number of hydrogen-bond donors (Lipinski definition) is 2. The molecule has 2 amide bonds. The van der Waals surface area contributed by atoms with Gasteiger partial charge in [0.1, 0.15) is 0 Å². The van der Waals surface area contributed by atoms with Crippen molar-refractivity contribution in [2.75, 3.05) is 26.7 Å². The Morgan fingerprint density at radius 2 is 2.07 bits per heavy atom. The number of nitrogens with zero attached hydrogens (tertiary/aromatic N) is 3. The fraction of sp³-hybridized carbons (Fsp3) is 0.500. The Bertz CT molecular complexity index is 900. The molecule has 2 heterocycles. The predicted octanol–water partition coefficient (Wildman–Crippen LogP) is 1.61. The van der Waals surface area contributed by atoms with E-state index in [0.29, 0.717) is 23.9 Å². The van der Waals surface area contributed by atoms with E-state index in [0.717, 1.165) is 32.4 Å². The first-order valence-electron chi connectivity index (χ1n) is 10.5. The monoisotopic (exact) mass is 393 g/mol. The van der Waals surface area contributed by atoms with E-state index in [1.54, 1.807) is 6.20 Å². The van der Waals surface area contributed by atoms with E-state index in [2.05, 4.69) is 44.7 Å². The molecule has 1 aromatic carbocycles. The van der Waals surface area contributed by atoms with Crippen molar-refractivity contribution >= 4 is 11.8 Å². The van der Waals surface area contributed by atoms with Crippen molar-refractivity contribution < 1.29 is 9.59 Å². The number of amides is 2. The number of aryl methyl sites for hydroxylation is 1. The molecule has 29 heavy (non-hydrogen) atoms. The molecule has 0 spiro atoms. The van der Waals surface area contributed by atoms with Gasteiger partial charge in [0.2, 0.25) is 5.91 Å². The summed E-state index contributed by atoms with van der Waals surface area (Å²) >= 11 is 0. The Labute approximate surface area is 170 Å². The summed E-state index contributed by atoms with van der Waals surface area (Å²) < 4.78 is 0.